The third-order valence-corrected chi connectivity index (χ3v) is 3.38. The number of anilines is 1. The second-order valence-electron chi connectivity index (χ2n) is 5.26. The van der Waals surface area contributed by atoms with Crippen LogP contribution in [0.3, 0.4) is 0 Å². The number of esters is 2. The second kappa shape index (κ2) is 9.67. The normalized spacial score (nSPS) is 9.89. The summed E-state index contributed by atoms with van der Waals surface area (Å²) in [7, 11) is 1.21. The minimum atomic E-state index is -0.894. The SMILES string of the molecule is COC(=O)c1ccccc1NC(=O)COC(=O)COc1ccccc1[N+](=O)[O-]. The molecule has 146 valence electrons. The molecular formula is C18H16N2O8. The first kappa shape index (κ1) is 20.4. The van der Waals surface area contributed by atoms with E-state index in [-0.39, 0.29) is 22.7 Å². The zero-order valence-electron chi connectivity index (χ0n) is 14.7. The molecular weight excluding hydrogens is 372 g/mol. The molecule has 0 aliphatic heterocycles. The van der Waals surface area contributed by atoms with Crippen LogP contribution in [-0.4, -0.2) is 43.1 Å². The molecule has 10 nitrogen and oxygen atoms in total. The number of methoxy groups -OCH3 is 1. The van der Waals surface area contributed by atoms with Gasteiger partial charge in [0.15, 0.2) is 19.0 Å². The maximum absolute atomic E-state index is 11.9. The van der Waals surface area contributed by atoms with Crippen molar-refractivity contribution in [1.29, 1.82) is 0 Å². The fourth-order valence-corrected chi connectivity index (χ4v) is 2.12. The predicted molar refractivity (Wildman–Crippen MR) is 96.0 cm³/mol. The first-order chi connectivity index (χ1) is 13.4. The van der Waals surface area contributed by atoms with Crippen molar-refractivity contribution in [3.63, 3.8) is 0 Å². The molecule has 2 rings (SSSR count). The van der Waals surface area contributed by atoms with Gasteiger partial charge in [0.25, 0.3) is 5.91 Å². The summed E-state index contributed by atoms with van der Waals surface area (Å²) < 4.78 is 14.4. The Morgan fingerprint density at radius 2 is 1.71 bits per heavy atom. The maximum Gasteiger partial charge on any atom is 0.344 e. The van der Waals surface area contributed by atoms with Crippen molar-refractivity contribution in [2.45, 2.75) is 0 Å². The van der Waals surface area contributed by atoms with E-state index in [1.165, 1.54) is 43.5 Å². The van der Waals surface area contributed by atoms with Crippen molar-refractivity contribution in [2.75, 3.05) is 25.6 Å². The van der Waals surface area contributed by atoms with Gasteiger partial charge in [-0.25, -0.2) is 9.59 Å². The number of nitrogens with one attached hydrogen (secondary N) is 1. The molecule has 0 radical (unpaired) electrons. The lowest BCUT2D eigenvalue weighted by Gasteiger charge is -2.10. The zero-order chi connectivity index (χ0) is 20.5. The fourth-order valence-electron chi connectivity index (χ4n) is 2.12. The summed E-state index contributed by atoms with van der Waals surface area (Å²) in [5.41, 5.74) is 0.0448. The van der Waals surface area contributed by atoms with E-state index in [0.29, 0.717) is 0 Å². The number of nitrogens with zero attached hydrogens (tertiary/aromatic N) is 1. The van der Waals surface area contributed by atoms with Crippen LogP contribution in [0.4, 0.5) is 11.4 Å². The summed E-state index contributed by atoms with van der Waals surface area (Å²) >= 11 is 0. The van der Waals surface area contributed by atoms with Crippen molar-refractivity contribution in [2.24, 2.45) is 0 Å². The molecule has 2 aromatic rings. The van der Waals surface area contributed by atoms with Crippen LogP contribution >= 0.6 is 0 Å². The van der Waals surface area contributed by atoms with Crippen molar-refractivity contribution >= 4 is 29.2 Å². The van der Waals surface area contributed by atoms with Gasteiger partial charge in [-0.05, 0) is 18.2 Å². The van der Waals surface area contributed by atoms with Gasteiger partial charge in [-0.1, -0.05) is 24.3 Å². The van der Waals surface area contributed by atoms with Crippen molar-refractivity contribution in [1.82, 2.24) is 0 Å². The molecule has 0 aliphatic rings. The first-order valence-corrected chi connectivity index (χ1v) is 7.91. The van der Waals surface area contributed by atoms with E-state index in [9.17, 15) is 24.5 Å². The second-order valence-corrected chi connectivity index (χ2v) is 5.26. The highest BCUT2D eigenvalue weighted by Gasteiger charge is 2.17. The molecule has 0 fully saturated rings. The van der Waals surface area contributed by atoms with E-state index in [0.717, 1.165) is 0 Å². The third kappa shape index (κ3) is 5.53. The summed E-state index contributed by atoms with van der Waals surface area (Å²) in [4.78, 5) is 45.5. The largest absolute Gasteiger partial charge is 0.475 e. The van der Waals surface area contributed by atoms with Crippen molar-refractivity contribution < 1.29 is 33.5 Å². The molecule has 0 spiro atoms. The van der Waals surface area contributed by atoms with E-state index < -0.39 is 36.0 Å². The number of hydrogen-bond acceptors (Lipinski definition) is 8. The third-order valence-electron chi connectivity index (χ3n) is 3.38. The average Bonchev–Trinajstić information content (AvgIpc) is 2.70. The smallest absolute Gasteiger partial charge is 0.344 e. The Kier molecular flexibility index (Phi) is 7.03. The van der Waals surface area contributed by atoms with E-state index in [1.54, 1.807) is 12.1 Å². The number of amides is 1. The van der Waals surface area contributed by atoms with Crippen LogP contribution in [-0.2, 0) is 19.1 Å². The Balaban J connectivity index is 1.86. The maximum atomic E-state index is 11.9. The minimum absolute atomic E-state index is 0.0964. The number of para-hydroxylation sites is 3. The Morgan fingerprint density at radius 1 is 1.04 bits per heavy atom. The molecule has 0 saturated carbocycles. The lowest BCUT2D eigenvalue weighted by atomic mass is 10.2. The summed E-state index contributed by atoms with van der Waals surface area (Å²) in [6, 6.07) is 11.7. The number of nitro benzene ring substituents is 1. The Labute approximate surface area is 159 Å². The highest BCUT2D eigenvalue weighted by molar-refractivity contribution is 6.01. The molecule has 28 heavy (non-hydrogen) atoms. The zero-order valence-corrected chi connectivity index (χ0v) is 14.7. The van der Waals surface area contributed by atoms with Gasteiger partial charge in [0, 0.05) is 6.07 Å². The van der Waals surface area contributed by atoms with Gasteiger partial charge in [-0.2, -0.15) is 0 Å². The van der Waals surface area contributed by atoms with Gasteiger partial charge in [0.05, 0.1) is 23.3 Å². The van der Waals surface area contributed by atoms with Gasteiger partial charge >= 0.3 is 17.6 Å². The fraction of sp³-hybridized carbons (Fsp3) is 0.167. The van der Waals surface area contributed by atoms with E-state index in [2.05, 4.69) is 10.1 Å². The van der Waals surface area contributed by atoms with Crippen LogP contribution in [0.25, 0.3) is 0 Å². The summed E-state index contributed by atoms with van der Waals surface area (Å²) in [5, 5.41) is 13.3. The molecule has 0 saturated heterocycles. The molecule has 10 heteroatoms. The van der Waals surface area contributed by atoms with Crippen LogP contribution in [0, 0.1) is 10.1 Å². The van der Waals surface area contributed by atoms with E-state index in [1.807, 2.05) is 0 Å². The average molecular weight is 388 g/mol. The lowest BCUT2D eigenvalue weighted by molar-refractivity contribution is -0.385. The Hall–Kier alpha value is -3.95. The van der Waals surface area contributed by atoms with E-state index in [4.69, 9.17) is 9.47 Å². The first-order valence-electron chi connectivity index (χ1n) is 7.91. The highest BCUT2D eigenvalue weighted by atomic mass is 16.6. The summed E-state index contributed by atoms with van der Waals surface area (Å²) in [6.07, 6.45) is 0. The molecule has 0 bridgehead atoms. The molecule has 2 aromatic carbocycles. The molecule has 0 aromatic heterocycles. The van der Waals surface area contributed by atoms with Crippen molar-refractivity contribution in [3.05, 3.63) is 64.2 Å². The Bertz CT molecular complexity index is 897. The number of rotatable bonds is 8. The summed E-state index contributed by atoms with van der Waals surface area (Å²) in [6.45, 7) is -1.24. The molecule has 1 N–H and O–H groups in total. The summed E-state index contributed by atoms with van der Waals surface area (Å²) in [5.74, 6) is -2.31. The van der Waals surface area contributed by atoms with Gasteiger partial charge in [0.2, 0.25) is 0 Å². The lowest BCUT2D eigenvalue weighted by Crippen LogP contribution is -2.24. The van der Waals surface area contributed by atoms with Gasteiger partial charge in [-0.15, -0.1) is 0 Å². The van der Waals surface area contributed by atoms with Gasteiger partial charge < -0.3 is 19.5 Å². The molecule has 1 amide bonds. The van der Waals surface area contributed by atoms with Crippen LogP contribution in [0.15, 0.2) is 48.5 Å². The standard InChI is InChI=1S/C18H16N2O8/c1-26-18(23)12-6-2-3-7-13(12)19-16(21)10-28-17(22)11-27-15-9-5-4-8-14(15)20(24)25/h2-9H,10-11H2,1H3,(H,19,21). The van der Waals surface area contributed by atoms with Crippen molar-refractivity contribution in [3.8, 4) is 5.75 Å². The molecule has 0 atom stereocenters. The number of benzene rings is 2. The number of hydrogen-bond donors (Lipinski definition) is 1. The predicted octanol–water partition coefficient (Wildman–Crippen LogP) is 1.94. The van der Waals surface area contributed by atoms with Crippen LogP contribution < -0.4 is 10.1 Å². The molecule has 0 heterocycles. The number of ether oxygens (including phenoxy) is 3. The molecule has 0 unspecified atom stereocenters. The van der Waals surface area contributed by atoms with Crippen LogP contribution in [0.2, 0.25) is 0 Å². The van der Waals surface area contributed by atoms with Gasteiger partial charge in [-0.3, -0.25) is 14.9 Å². The van der Waals surface area contributed by atoms with Gasteiger partial charge in [0.1, 0.15) is 0 Å². The number of nitro groups is 1. The monoisotopic (exact) mass is 388 g/mol. The number of carbonyl (C=O) groups is 3. The molecule has 0 aliphatic carbocycles. The van der Waals surface area contributed by atoms with E-state index >= 15 is 0 Å². The Morgan fingerprint density at radius 3 is 2.43 bits per heavy atom. The topological polar surface area (TPSA) is 134 Å². The van der Waals surface area contributed by atoms with Crippen LogP contribution in [0.1, 0.15) is 10.4 Å². The minimum Gasteiger partial charge on any atom is -0.475 e. The number of carbonyl (C=O) groups excluding carboxylic acids is 3. The van der Waals surface area contributed by atoms with Crippen LogP contribution in [0.5, 0.6) is 5.75 Å². The quantitative estimate of drug-likeness (QED) is 0.412. The highest BCUT2D eigenvalue weighted by Crippen LogP contribution is 2.25.